The molecular weight excluding hydrogens is 272 g/mol. The van der Waals surface area contributed by atoms with E-state index in [2.05, 4.69) is 15.7 Å². The lowest BCUT2D eigenvalue weighted by Crippen LogP contribution is -2.37. The second-order valence-corrected chi connectivity index (χ2v) is 5.37. The molecule has 0 spiro atoms. The van der Waals surface area contributed by atoms with Crippen LogP contribution in [0.5, 0.6) is 0 Å². The van der Waals surface area contributed by atoms with Crippen molar-refractivity contribution < 1.29 is 14.7 Å². The van der Waals surface area contributed by atoms with Gasteiger partial charge in [-0.15, -0.1) is 0 Å². The number of amides is 2. The van der Waals surface area contributed by atoms with E-state index in [0.717, 1.165) is 17.0 Å². The molecular formula is C14H24N4O3. The molecule has 0 aromatic carbocycles. The van der Waals surface area contributed by atoms with Gasteiger partial charge in [0.15, 0.2) is 0 Å². The molecule has 21 heavy (non-hydrogen) atoms. The largest absolute Gasteiger partial charge is 0.481 e. The molecule has 118 valence electrons. The van der Waals surface area contributed by atoms with E-state index in [1.807, 2.05) is 27.8 Å². The fourth-order valence-electron chi connectivity index (χ4n) is 2.04. The Labute approximate surface area is 124 Å². The summed E-state index contributed by atoms with van der Waals surface area (Å²) in [6.07, 6.45) is 0.676. The number of nitrogens with one attached hydrogen (secondary N) is 2. The Balaban J connectivity index is 2.33. The summed E-state index contributed by atoms with van der Waals surface area (Å²) in [6, 6.07) is -0.250. The van der Waals surface area contributed by atoms with Crippen LogP contribution in [0.3, 0.4) is 0 Å². The van der Waals surface area contributed by atoms with Crippen molar-refractivity contribution in [2.45, 2.75) is 40.2 Å². The van der Waals surface area contributed by atoms with Crippen molar-refractivity contribution >= 4 is 12.0 Å². The quantitative estimate of drug-likeness (QED) is 0.707. The molecule has 0 bridgehead atoms. The van der Waals surface area contributed by atoms with Gasteiger partial charge in [0.05, 0.1) is 5.69 Å². The maximum absolute atomic E-state index is 11.7. The second kappa shape index (κ2) is 7.66. The minimum atomic E-state index is -0.811. The van der Waals surface area contributed by atoms with Crippen molar-refractivity contribution in [2.24, 2.45) is 13.0 Å². The van der Waals surface area contributed by atoms with Crippen molar-refractivity contribution in [3.05, 3.63) is 17.0 Å². The number of carbonyl (C=O) groups excluding carboxylic acids is 1. The number of carbonyl (C=O) groups is 2. The van der Waals surface area contributed by atoms with Gasteiger partial charge in [0.1, 0.15) is 0 Å². The minimum Gasteiger partial charge on any atom is -0.481 e. The number of carboxylic acids is 1. The standard InChI is InChI=1S/C14H24N4O3/c1-9(5-6-13(19)20)7-15-14(21)16-8-12-10(2)17-18(4)11(12)3/h9H,5-8H2,1-4H3,(H,19,20)(H2,15,16,21). The molecule has 1 rings (SSSR count). The minimum absolute atomic E-state index is 0.124. The van der Waals surface area contributed by atoms with Crippen molar-refractivity contribution in [1.82, 2.24) is 20.4 Å². The van der Waals surface area contributed by atoms with Gasteiger partial charge in [-0.2, -0.15) is 5.10 Å². The van der Waals surface area contributed by atoms with E-state index >= 15 is 0 Å². The molecule has 0 radical (unpaired) electrons. The van der Waals surface area contributed by atoms with Gasteiger partial charge in [0.25, 0.3) is 0 Å². The summed E-state index contributed by atoms with van der Waals surface area (Å²) < 4.78 is 1.79. The van der Waals surface area contributed by atoms with Crippen LogP contribution in [0.2, 0.25) is 0 Å². The van der Waals surface area contributed by atoms with E-state index in [1.54, 1.807) is 4.68 Å². The molecule has 1 aromatic heterocycles. The first-order chi connectivity index (χ1) is 9.81. The molecule has 0 aliphatic carbocycles. The van der Waals surface area contributed by atoms with Gasteiger partial charge < -0.3 is 15.7 Å². The van der Waals surface area contributed by atoms with Gasteiger partial charge in [-0.3, -0.25) is 9.48 Å². The maximum atomic E-state index is 11.7. The average molecular weight is 296 g/mol. The number of aryl methyl sites for hydroxylation is 2. The van der Waals surface area contributed by atoms with Gasteiger partial charge in [-0.1, -0.05) is 6.92 Å². The lowest BCUT2D eigenvalue weighted by molar-refractivity contribution is -0.137. The zero-order valence-electron chi connectivity index (χ0n) is 13.1. The van der Waals surface area contributed by atoms with Crippen LogP contribution in [-0.4, -0.2) is 33.4 Å². The first kappa shape index (κ1) is 17.0. The van der Waals surface area contributed by atoms with E-state index in [1.165, 1.54) is 0 Å². The summed E-state index contributed by atoms with van der Waals surface area (Å²) in [5.74, 6) is -0.678. The third-order valence-corrected chi connectivity index (χ3v) is 3.55. The van der Waals surface area contributed by atoms with Crippen LogP contribution in [0.25, 0.3) is 0 Å². The highest BCUT2D eigenvalue weighted by molar-refractivity contribution is 5.73. The molecule has 1 atom stereocenters. The normalized spacial score (nSPS) is 12.0. The molecule has 0 saturated carbocycles. The van der Waals surface area contributed by atoms with Crippen LogP contribution in [0.15, 0.2) is 0 Å². The van der Waals surface area contributed by atoms with Crippen LogP contribution < -0.4 is 10.6 Å². The van der Waals surface area contributed by atoms with Crippen molar-refractivity contribution in [2.75, 3.05) is 6.54 Å². The lowest BCUT2D eigenvalue weighted by atomic mass is 10.1. The van der Waals surface area contributed by atoms with Crippen LogP contribution in [0.4, 0.5) is 4.79 Å². The van der Waals surface area contributed by atoms with Gasteiger partial charge in [0, 0.05) is 37.8 Å². The molecule has 3 N–H and O–H groups in total. The highest BCUT2D eigenvalue weighted by atomic mass is 16.4. The summed E-state index contributed by atoms with van der Waals surface area (Å²) in [6.45, 7) is 6.68. The Kier molecular flexibility index (Phi) is 6.20. The molecule has 0 aliphatic heterocycles. The molecule has 1 unspecified atom stereocenters. The molecule has 0 saturated heterocycles. The number of aliphatic carboxylic acids is 1. The van der Waals surface area contributed by atoms with E-state index < -0.39 is 5.97 Å². The molecule has 2 amide bonds. The third kappa shape index (κ3) is 5.45. The summed E-state index contributed by atoms with van der Waals surface area (Å²) in [5, 5.41) is 18.4. The van der Waals surface area contributed by atoms with E-state index in [4.69, 9.17) is 5.11 Å². The van der Waals surface area contributed by atoms with E-state index in [-0.39, 0.29) is 18.4 Å². The SMILES string of the molecule is Cc1nn(C)c(C)c1CNC(=O)NCC(C)CCC(=O)O. The zero-order chi connectivity index (χ0) is 16.0. The predicted octanol–water partition coefficient (Wildman–Crippen LogP) is 1.34. The Morgan fingerprint density at radius 2 is 2.00 bits per heavy atom. The topological polar surface area (TPSA) is 96.3 Å². The summed E-state index contributed by atoms with van der Waals surface area (Å²) in [4.78, 5) is 22.2. The highest BCUT2D eigenvalue weighted by Gasteiger charge is 2.11. The average Bonchev–Trinajstić information content (AvgIpc) is 2.65. The third-order valence-electron chi connectivity index (χ3n) is 3.55. The Morgan fingerprint density at radius 1 is 1.33 bits per heavy atom. The van der Waals surface area contributed by atoms with Crippen LogP contribution in [-0.2, 0) is 18.4 Å². The Bertz CT molecular complexity index is 511. The number of hydrogen-bond donors (Lipinski definition) is 3. The number of aromatic nitrogens is 2. The van der Waals surface area contributed by atoms with Crippen molar-refractivity contribution in [3.8, 4) is 0 Å². The number of hydrogen-bond acceptors (Lipinski definition) is 3. The zero-order valence-corrected chi connectivity index (χ0v) is 13.1. The summed E-state index contributed by atoms with van der Waals surface area (Å²) in [5.41, 5.74) is 2.96. The molecule has 0 fully saturated rings. The maximum Gasteiger partial charge on any atom is 0.315 e. The molecule has 0 aliphatic rings. The summed E-state index contributed by atoms with van der Waals surface area (Å²) >= 11 is 0. The predicted molar refractivity (Wildman–Crippen MR) is 79.0 cm³/mol. The monoisotopic (exact) mass is 296 g/mol. The fraction of sp³-hybridized carbons (Fsp3) is 0.643. The van der Waals surface area contributed by atoms with Gasteiger partial charge in [0.2, 0.25) is 0 Å². The first-order valence-corrected chi connectivity index (χ1v) is 7.03. The number of nitrogens with zero attached hydrogens (tertiary/aromatic N) is 2. The van der Waals surface area contributed by atoms with Crippen molar-refractivity contribution in [3.63, 3.8) is 0 Å². The molecule has 7 nitrogen and oxygen atoms in total. The van der Waals surface area contributed by atoms with E-state index in [0.29, 0.717) is 19.5 Å². The Hall–Kier alpha value is -2.05. The van der Waals surface area contributed by atoms with Crippen LogP contribution >= 0.6 is 0 Å². The van der Waals surface area contributed by atoms with Gasteiger partial charge in [-0.05, 0) is 26.2 Å². The lowest BCUT2D eigenvalue weighted by Gasteiger charge is -2.12. The number of urea groups is 1. The van der Waals surface area contributed by atoms with Gasteiger partial charge in [-0.25, -0.2) is 4.79 Å². The molecule has 1 aromatic rings. The van der Waals surface area contributed by atoms with E-state index in [9.17, 15) is 9.59 Å². The Morgan fingerprint density at radius 3 is 2.52 bits per heavy atom. The second-order valence-electron chi connectivity index (χ2n) is 5.37. The number of rotatable bonds is 7. The highest BCUT2D eigenvalue weighted by Crippen LogP contribution is 2.11. The summed E-state index contributed by atoms with van der Waals surface area (Å²) in [7, 11) is 1.87. The smallest absolute Gasteiger partial charge is 0.315 e. The fourth-order valence-corrected chi connectivity index (χ4v) is 2.04. The van der Waals surface area contributed by atoms with Crippen LogP contribution in [0.1, 0.15) is 36.7 Å². The van der Waals surface area contributed by atoms with Crippen LogP contribution in [0, 0.1) is 19.8 Å². The molecule has 7 heteroatoms. The number of carboxylic acid groups (broad SMARTS) is 1. The van der Waals surface area contributed by atoms with Gasteiger partial charge >= 0.3 is 12.0 Å². The molecule has 1 heterocycles. The first-order valence-electron chi connectivity index (χ1n) is 7.03. The van der Waals surface area contributed by atoms with Crippen molar-refractivity contribution in [1.29, 1.82) is 0 Å².